The average Bonchev–Trinajstić information content (AvgIpc) is 2.98. The summed E-state index contributed by atoms with van der Waals surface area (Å²) in [4.78, 5) is 26.4. The predicted octanol–water partition coefficient (Wildman–Crippen LogP) is 2.37. The van der Waals surface area contributed by atoms with E-state index in [1.54, 1.807) is 6.92 Å². The van der Waals surface area contributed by atoms with Crippen LogP contribution >= 0.6 is 11.3 Å². The van der Waals surface area contributed by atoms with Gasteiger partial charge in [0.15, 0.2) is 16.7 Å². The summed E-state index contributed by atoms with van der Waals surface area (Å²) in [5, 5.41) is 7.88. The molecule has 2 aromatic rings. The van der Waals surface area contributed by atoms with Crippen LogP contribution in [0.15, 0.2) is 28.7 Å². The Balaban J connectivity index is 2.30. The highest BCUT2D eigenvalue weighted by molar-refractivity contribution is 7.14. The lowest BCUT2D eigenvalue weighted by molar-refractivity contribution is -0.135. The van der Waals surface area contributed by atoms with Gasteiger partial charge in [-0.2, -0.15) is 5.10 Å². The third-order valence-electron chi connectivity index (χ3n) is 2.62. The number of halogens is 2. The molecule has 0 saturated carbocycles. The zero-order chi connectivity index (χ0) is 17.5. The van der Waals surface area contributed by atoms with E-state index in [0.717, 1.165) is 23.5 Å². The quantitative estimate of drug-likeness (QED) is 0.345. The van der Waals surface area contributed by atoms with Gasteiger partial charge in [0.2, 0.25) is 6.41 Å². The summed E-state index contributed by atoms with van der Waals surface area (Å²) >= 11 is 1.07. The Morgan fingerprint density at radius 1 is 1.46 bits per heavy atom. The highest BCUT2D eigenvalue weighted by atomic mass is 32.1. The molecular weight excluding hydrogens is 342 g/mol. The molecule has 0 atom stereocenters. The van der Waals surface area contributed by atoms with Gasteiger partial charge >= 0.3 is 5.97 Å². The van der Waals surface area contributed by atoms with Crippen molar-refractivity contribution in [1.29, 1.82) is 0 Å². The molecule has 7 nitrogen and oxygen atoms in total. The number of carbonyl (C=O) groups is 2. The highest BCUT2D eigenvalue weighted by Crippen LogP contribution is 2.18. The molecule has 0 bridgehead atoms. The third kappa shape index (κ3) is 4.32. The fraction of sp³-hybridized carbons (Fsp3) is 0.143. The molecule has 0 unspecified atom stereocenters. The average molecular weight is 354 g/mol. The third-order valence-corrected chi connectivity index (χ3v) is 3.39. The first-order chi connectivity index (χ1) is 11.5. The van der Waals surface area contributed by atoms with E-state index < -0.39 is 17.6 Å². The summed E-state index contributed by atoms with van der Waals surface area (Å²) in [6, 6.07) is 2.86. The van der Waals surface area contributed by atoms with E-state index >= 15 is 0 Å². The minimum atomic E-state index is -0.872. The second-order valence-corrected chi connectivity index (χ2v) is 5.08. The van der Waals surface area contributed by atoms with Crippen molar-refractivity contribution in [1.82, 2.24) is 4.98 Å². The van der Waals surface area contributed by atoms with Crippen molar-refractivity contribution in [2.75, 3.05) is 17.3 Å². The SMILES string of the molecule is CCOC(=O)/C(=N\Nc1ccc(F)cc1F)c1csc(NC=O)n1. The van der Waals surface area contributed by atoms with Crippen LogP contribution in [0.4, 0.5) is 19.6 Å². The minimum absolute atomic E-state index is 0.104. The molecule has 1 aromatic heterocycles. The molecule has 126 valence electrons. The molecule has 0 spiro atoms. The van der Waals surface area contributed by atoms with Crippen molar-refractivity contribution in [2.45, 2.75) is 6.92 Å². The second kappa shape index (κ2) is 8.11. The number of nitrogens with one attached hydrogen (secondary N) is 2. The molecule has 1 heterocycles. The Morgan fingerprint density at radius 2 is 2.25 bits per heavy atom. The van der Waals surface area contributed by atoms with Crippen molar-refractivity contribution in [3.8, 4) is 0 Å². The van der Waals surface area contributed by atoms with Crippen molar-refractivity contribution in [3.63, 3.8) is 0 Å². The number of nitrogens with zero attached hydrogens (tertiary/aromatic N) is 2. The number of esters is 1. The summed E-state index contributed by atoms with van der Waals surface area (Å²) in [5.74, 6) is -2.39. The van der Waals surface area contributed by atoms with Gasteiger partial charge in [0.1, 0.15) is 11.5 Å². The highest BCUT2D eigenvalue weighted by Gasteiger charge is 2.19. The molecule has 0 fully saturated rings. The first kappa shape index (κ1) is 17.5. The number of aromatic nitrogens is 1. The van der Waals surface area contributed by atoms with Crippen LogP contribution in [-0.4, -0.2) is 29.7 Å². The Kier molecular flexibility index (Phi) is 5.90. The van der Waals surface area contributed by atoms with Crippen LogP contribution in [0, 0.1) is 11.6 Å². The molecule has 1 amide bonds. The smallest absolute Gasteiger partial charge is 0.361 e. The molecule has 0 saturated heterocycles. The molecule has 2 N–H and O–H groups in total. The molecule has 0 aliphatic heterocycles. The molecule has 24 heavy (non-hydrogen) atoms. The van der Waals surface area contributed by atoms with E-state index in [4.69, 9.17) is 4.74 Å². The number of benzene rings is 1. The molecule has 0 radical (unpaired) electrons. The summed E-state index contributed by atoms with van der Waals surface area (Å²) in [7, 11) is 0. The summed E-state index contributed by atoms with van der Waals surface area (Å²) in [6.45, 7) is 1.72. The fourth-order valence-electron chi connectivity index (χ4n) is 1.60. The Morgan fingerprint density at radius 3 is 2.92 bits per heavy atom. The van der Waals surface area contributed by atoms with Gasteiger partial charge in [-0.15, -0.1) is 11.3 Å². The maximum atomic E-state index is 13.6. The first-order valence-electron chi connectivity index (χ1n) is 6.67. The maximum Gasteiger partial charge on any atom is 0.361 e. The number of thiazole rings is 1. The fourth-order valence-corrected chi connectivity index (χ4v) is 2.26. The van der Waals surface area contributed by atoms with E-state index in [1.807, 2.05) is 0 Å². The molecular formula is C14H12F2N4O3S. The van der Waals surface area contributed by atoms with Crippen LogP contribution in [0.1, 0.15) is 12.6 Å². The number of rotatable bonds is 7. The second-order valence-electron chi connectivity index (χ2n) is 4.22. The van der Waals surface area contributed by atoms with Crippen molar-refractivity contribution < 1.29 is 23.1 Å². The lowest BCUT2D eigenvalue weighted by Crippen LogP contribution is -2.21. The van der Waals surface area contributed by atoms with Crippen LogP contribution in [0.2, 0.25) is 0 Å². The lowest BCUT2D eigenvalue weighted by Gasteiger charge is -2.06. The monoisotopic (exact) mass is 354 g/mol. The van der Waals surface area contributed by atoms with Crippen molar-refractivity contribution in [3.05, 3.63) is 40.9 Å². The number of carbonyl (C=O) groups excluding carboxylic acids is 2. The number of anilines is 2. The zero-order valence-electron chi connectivity index (χ0n) is 12.4. The van der Waals surface area contributed by atoms with Crippen molar-refractivity contribution >= 4 is 40.2 Å². The summed E-state index contributed by atoms with van der Waals surface area (Å²) < 4.78 is 31.4. The van der Waals surface area contributed by atoms with Crippen LogP contribution in [0.5, 0.6) is 0 Å². The van der Waals surface area contributed by atoms with Crippen LogP contribution in [-0.2, 0) is 14.3 Å². The normalized spacial score (nSPS) is 11.0. The van der Waals surface area contributed by atoms with E-state index in [0.29, 0.717) is 12.5 Å². The van der Waals surface area contributed by atoms with E-state index in [1.165, 1.54) is 5.38 Å². The standard InChI is InChI=1S/C14H12F2N4O3S/c1-2-23-13(22)12(11-6-24-14(18-11)17-7-21)20-19-10-4-3-8(15)5-9(10)16/h3-7,19H,2H2,1H3,(H,17,18,21)/b20-12-. The molecule has 0 aliphatic rings. The number of amides is 1. The van der Waals surface area contributed by atoms with Gasteiger partial charge in [0.05, 0.1) is 12.3 Å². The molecule has 2 rings (SSSR count). The largest absolute Gasteiger partial charge is 0.461 e. The van der Waals surface area contributed by atoms with E-state index in [-0.39, 0.29) is 28.8 Å². The number of hydrogen-bond acceptors (Lipinski definition) is 7. The minimum Gasteiger partial charge on any atom is -0.461 e. The summed E-state index contributed by atoms with van der Waals surface area (Å²) in [5.41, 5.74) is 2.14. The number of hydrogen-bond donors (Lipinski definition) is 2. The number of hydrazone groups is 1. The van der Waals surface area contributed by atoms with Crippen LogP contribution in [0.3, 0.4) is 0 Å². The Labute approximate surface area is 139 Å². The van der Waals surface area contributed by atoms with Gasteiger partial charge in [-0.1, -0.05) is 0 Å². The maximum absolute atomic E-state index is 13.6. The van der Waals surface area contributed by atoms with E-state index in [9.17, 15) is 18.4 Å². The first-order valence-corrected chi connectivity index (χ1v) is 7.55. The number of ether oxygens (including phenoxy) is 1. The van der Waals surface area contributed by atoms with Crippen LogP contribution in [0.25, 0.3) is 0 Å². The van der Waals surface area contributed by atoms with Crippen LogP contribution < -0.4 is 10.7 Å². The predicted molar refractivity (Wildman–Crippen MR) is 85.0 cm³/mol. The zero-order valence-corrected chi connectivity index (χ0v) is 13.2. The van der Waals surface area contributed by atoms with E-state index in [2.05, 4.69) is 20.8 Å². The Bertz CT molecular complexity index is 779. The van der Waals surface area contributed by atoms with Gasteiger partial charge in [-0.25, -0.2) is 18.6 Å². The molecule has 1 aromatic carbocycles. The van der Waals surface area contributed by atoms with Gasteiger partial charge in [-0.05, 0) is 19.1 Å². The van der Waals surface area contributed by atoms with Gasteiger partial charge in [0, 0.05) is 11.4 Å². The molecule has 0 aliphatic carbocycles. The van der Waals surface area contributed by atoms with Gasteiger partial charge in [0.25, 0.3) is 0 Å². The molecule has 10 heteroatoms. The van der Waals surface area contributed by atoms with Crippen molar-refractivity contribution in [2.24, 2.45) is 5.10 Å². The Hall–Kier alpha value is -2.88. The van der Waals surface area contributed by atoms with Gasteiger partial charge in [-0.3, -0.25) is 10.2 Å². The van der Waals surface area contributed by atoms with Gasteiger partial charge < -0.3 is 10.1 Å². The topological polar surface area (TPSA) is 92.7 Å². The lowest BCUT2D eigenvalue weighted by atomic mass is 10.3. The summed E-state index contributed by atoms with van der Waals surface area (Å²) in [6.07, 6.45) is 0.440.